The molecule has 1 saturated heterocycles. The van der Waals surface area contributed by atoms with Gasteiger partial charge in [-0.05, 0) is 70.1 Å². The van der Waals surface area contributed by atoms with Gasteiger partial charge in [-0.25, -0.2) is 13.6 Å². The number of alkyl halides is 2. The summed E-state index contributed by atoms with van der Waals surface area (Å²) in [5.74, 6) is -0.394. The van der Waals surface area contributed by atoms with Crippen molar-refractivity contribution in [2.24, 2.45) is 4.99 Å². The molecule has 1 saturated carbocycles. The van der Waals surface area contributed by atoms with Crippen molar-refractivity contribution in [2.75, 3.05) is 20.3 Å². The van der Waals surface area contributed by atoms with Gasteiger partial charge in [-0.15, -0.1) is 0 Å². The second-order valence-electron chi connectivity index (χ2n) is 9.24. The Bertz CT molecular complexity index is 916. The van der Waals surface area contributed by atoms with E-state index in [4.69, 9.17) is 0 Å². The monoisotopic (exact) mass is 518 g/mol. The Morgan fingerprint density at radius 1 is 1.08 bits per heavy atom. The number of amides is 2. The maximum atomic E-state index is 14.3. The molecule has 37 heavy (non-hydrogen) atoms. The summed E-state index contributed by atoms with van der Waals surface area (Å²) >= 11 is 0. The van der Waals surface area contributed by atoms with Gasteiger partial charge in [0.1, 0.15) is 12.0 Å². The second kappa shape index (κ2) is 16.8. The number of carbonyl (C=O) groups excluding carboxylic acids is 1. The van der Waals surface area contributed by atoms with Crippen LogP contribution in [0.25, 0.3) is 0 Å². The molecule has 1 aliphatic heterocycles. The summed E-state index contributed by atoms with van der Waals surface area (Å²) in [5.41, 5.74) is 1.77. The molecule has 0 unspecified atom stereocenters. The number of urea groups is 1. The van der Waals surface area contributed by atoms with Crippen LogP contribution in [0.15, 0.2) is 71.2 Å². The van der Waals surface area contributed by atoms with Crippen molar-refractivity contribution in [1.82, 2.24) is 15.1 Å². The molecule has 0 atom stereocenters. The van der Waals surface area contributed by atoms with Crippen LogP contribution in [-0.2, 0) is 6.54 Å². The zero-order chi connectivity index (χ0) is 27.0. The fourth-order valence-corrected chi connectivity index (χ4v) is 4.72. The van der Waals surface area contributed by atoms with Crippen LogP contribution in [0.5, 0.6) is 0 Å². The summed E-state index contributed by atoms with van der Waals surface area (Å²) in [5, 5.41) is 2.79. The molecule has 1 N–H and O–H groups in total. The summed E-state index contributed by atoms with van der Waals surface area (Å²) in [4.78, 5) is 21.8. The van der Waals surface area contributed by atoms with Gasteiger partial charge in [0.05, 0.1) is 19.6 Å². The first-order valence-corrected chi connectivity index (χ1v) is 13.1. The van der Waals surface area contributed by atoms with Crippen molar-refractivity contribution in [2.45, 2.75) is 77.2 Å². The predicted octanol–water partition coefficient (Wildman–Crippen LogP) is 6.89. The normalized spacial score (nSPS) is 22.1. The summed E-state index contributed by atoms with van der Waals surface area (Å²) in [6.07, 6.45) is 11.0. The Balaban J connectivity index is 0.00000235. The number of rotatable bonds is 8. The van der Waals surface area contributed by atoms with Gasteiger partial charge in [0.25, 0.3) is 0 Å². The van der Waals surface area contributed by atoms with Gasteiger partial charge in [0, 0.05) is 31.4 Å². The van der Waals surface area contributed by atoms with Crippen molar-refractivity contribution in [3.8, 4) is 0 Å². The van der Waals surface area contributed by atoms with Crippen molar-refractivity contribution in [1.29, 1.82) is 0 Å². The number of piperidine rings is 1. The zero-order valence-electron chi connectivity index (χ0n) is 22.3. The number of nitrogens with one attached hydrogen (secondary N) is 1. The molecule has 1 heterocycles. The number of carbonyl (C=O) groups is 1. The summed E-state index contributed by atoms with van der Waals surface area (Å²) < 4.78 is 37.1. The molecule has 8 heteroatoms. The minimum Gasteiger partial charge on any atom is -0.299 e. The first kappa shape index (κ1) is 30.4. The highest BCUT2D eigenvalue weighted by molar-refractivity contribution is 5.88. The summed E-state index contributed by atoms with van der Waals surface area (Å²) in [6, 6.07) is 9.98. The quantitative estimate of drug-likeness (QED) is 0.231. The SMILES string of the molecule is CF.C\C=C/C(=C\C(F)=C/C)N(C(=O)NC=NC1CCC(F)CC1)C1CCN(Cc2ccccc2)CC1. The number of allylic oxidation sites excluding steroid dienone is 5. The van der Waals surface area contributed by atoms with E-state index < -0.39 is 12.0 Å². The third kappa shape index (κ3) is 10.2. The minimum absolute atomic E-state index is 0.0306. The maximum absolute atomic E-state index is 14.3. The molecular formula is C29H41F3N4O. The number of halogens is 3. The molecule has 2 amide bonds. The highest BCUT2D eigenvalue weighted by atomic mass is 19.1. The molecule has 5 nitrogen and oxygen atoms in total. The van der Waals surface area contributed by atoms with Gasteiger partial charge in [-0.3, -0.25) is 24.5 Å². The van der Waals surface area contributed by atoms with Crippen LogP contribution in [-0.4, -0.2) is 60.7 Å². The number of hydrogen-bond donors (Lipinski definition) is 1. The number of likely N-dealkylation sites (tertiary alicyclic amines) is 1. The number of aliphatic imine (C=N–C) groups is 1. The molecule has 2 aliphatic rings. The highest BCUT2D eigenvalue weighted by Gasteiger charge is 2.30. The highest BCUT2D eigenvalue weighted by Crippen LogP contribution is 2.25. The first-order valence-electron chi connectivity index (χ1n) is 13.1. The molecule has 1 aromatic rings. The summed E-state index contributed by atoms with van der Waals surface area (Å²) in [6.45, 7) is 6.05. The Morgan fingerprint density at radius 2 is 1.73 bits per heavy atom. The molecule has 0 bridgehead atoms. The molecule has 3 rings (SSSR count). The maximum Gasteiger partial charge on any atom is 0.327 e. The number of benzene rings is 1. The van der Waals surface area contributed by atoms with E-state index in [0.717, 1.165) is 32.5 Å². The van der Waals surface area contributed by atoms with E-state index in [0.29, 0.717) is 38.6 Å². The van der Waals surface area contributed by atoms with Gasteiger partial charge in [0.2, 0.25) is 0 Å². The van der Waals surface area contributed by atoms with E-state index in [-0.39, 0.29) is 18.1 Å². The first-order chi connectivity index (χ1) is 18.0. The molecule has 0 spiro atoms. The molecular weight excluding hydrogens is 477 g/mol. The van der Waals surface area contributed by atoms with Crippen LogP contribution < -0.4 is 5.32 Å². The van der Waals surface area contributed by atoms with E-state index in [1.165, 1.54) is 24.1 Å². The average Bonchev–Trinajstić information content (AvgIpc) is 2.92. The van der Waals surface area contributed by atoms with E-state index in [9.17, 15) is 18.0 Å². The van der Waals surface area contributed by atoms with E-state index >= 15 is 0 Å². The second-order valence-corrected chi connectivity index (χ2v) is 9.24. The fraction of sp³-hybridized carbons (Fsp3) is 0.517. The number of hydrogen-bond acceptors (Lipinski definition) is 3. The van der Waals surface area contributed by atoms with Crippen molar-refractivity contribution < 1.29 is 18.0 Å². The van der Waals surface area contributed by atoms with Gasteiger partial charge < -0.3 is 0 Å². The third-order valence-corrected chi connectivity index (χ3v) is 6.67. The number of nitrogens with zero attached hydrogens (tertiary/aromatic N) is 3. The molecule has 2 fully saturated rings. The Hall–Kier alpha value is -2.87. The van der Waals surface area contributed by atoms with Crippen LogP contribution in [0.3, 0.4) is 0 Å². The van der Waals surface area contributed by atoms with Crippen LogP contribution >= 0.6 is 0 Å². The summed E-state index contributed by atoms with van der Waals surface area (Å²) in [7, 11) is 0.500. The van der Waals surface area contributed by atoms with E-state index in [1.54, 1.807) is 17.9 Å². The molecule has 204 valence electrons. The Kier molecular flexibility index (Phi) is 13.8. The molecule has 0 aromatic heterocycles. The predicted molar refractivity (Wildman–Crippen MR) is 146 cm³/mol. The molecule has 1 aromatic carbocycles. The van der Waals surface area contributed by atoms with Crippen molar-refractivity contribution >= 4 is 12.4 Å². The molecule has 0 radical (unpaired) electrons. The van der Waals surface area contributed by atoms with Crippen LogP contribution in [0.1, 0.15) is 57.9 Å². The largest absolute Gasteiger partial charge is 0.327 e. The molecule has 1 aliphatic carbocycles. The lowest BCUT2D eigenvalue weighted by atomic mass is 9.95. The van der Waals surface area contributed by atoms with Gasteiger partial charge in [-0.2, -0.15) is 0 Å². The standard InChI is InChI=1S/C28H38F2N4O.CH3F/c1-3-8-27(19-23(29)4-2)34(28(35)32-21-31-25-13-11-24(30)12-14-25)26-15-17-33(18-16-26)20-22-9-6-5-7-10-22;1-2/h3-10,19,21,24-26H,11-18,20H2,1-2H3,(H,31,32,35);1H3/b8-3-,23-4+,27-19+;. The zero-order valence-corrected chi connectivity index (χ0v) is 22.3. The lowest BCUT2D eigenvalue weighted by Gasteiger charge is -2.38. The third-order valence-electron chi connectivity index (χ3n) is 6.67. The van der Waals surface area contributed by atoms with Crippen LogP contribution in [0, 0.1) is 0 Å². The lowest BCUT2D eigenvalue weighted by molar-refractivity contribution is 0.138. The van der Waals surface area contributed by atoms with Gasteiger partial charge >= 0.3 is 6.03 Å². The Morgan fingerprint density at radius 3 is 2.32 bits per heavy atom. The average molecular weight is 519 g/mol. The van der Waals surface area contributed by atoms with Crippen molar-refractivity contribution in [3.63, 3.8) is 0 Å². The van der Waals surface area contributed by atoms with Gasteiger partial charge in [-0.1, -0.05) is 42.5 Å². The van der Waals surface area contributed by atoms with E-state index in [1.807, 2.05) is 31.2 Å². The Labute approximate surface area is 219 Å². The fourth-order valence-electron chi connectivity index (χ4n) is 4.72. The van der Waals surface area contributed by atoms with Gasteiger partial charge in [0.15, 0.2) is 0 Å². The van der Waals surface area contributed by atoms with Crippen LogP contribution in [0.2, 0.25) is 0 Å². The smallest absolute Gasteiger partial charge is 0.299 e. The lowest BCUT2D eigenvalue weighted by Crippen LogP contribution is -2.49. The van der Waals surface area contributed by atoms with E-state index in [2.05, 4.69) is 27.3 Å². The minimum atomic E-state index is -0.741. The van der Waals surface area contributed by atoms with Crippen molar-refractivity contribution in [3.05, 3.63) is 71.7 Å². The topological polar surface area (TPSA) is 47.9 Å². The van der Waals surface area contributed by atoms with Crippen LogP contribution in [0.4, 0.5) is 18.0 Å².